The van der Waals surface area contributed by atoms with Crippen molar-refractivity contribution in [2.45, 2.75) is 0 Å². The Morgan fingerprint density at radius 2 is 1.86 bits per heavy atom. The largest absolute Gasteiger partial charge is 0.383 e. The van der Waals surface area contributed by atoms with Gasteiger partial charge in [0.15, 0.2) is 0 Å². The first-order valence-electron chi connectivity index (χ1n) is 6.37. The Balaban J connectivity index is 1.83. The van der Waals surface area contributed by atoms with Crippen LogP contribution in [0.25, 0.3) is 10.6 Å². The molecule has 7 heteroatoms. The molecule has 22 heavy (non-hydrogen) atoms. The zero-order chi connectivity index (χ0) is 15.5. The summed E-state index contributed by atoms with van der Waals surface area (Å²) < 4.78 is 0. The maximum Gasteiger partial charge on any atom is 0.268 e. The predicted molar refractivity (Wildman–Crippen MR) is 90.8 cm³/mol. The zero-order valence-corrected chi connectivity index (χ0v) is 13.0. The number of hydrogen-bond donors (Lipinski definition) is 2. The summed E-state index contributed by atoms with van der Waals surface area (Å²) in [6.45, 7) is 0. The van der Waals surface area contributed by atoms with Gasteiger partial charge in [0, 0.05) is 10.9 Å². The summed E-state index contributed by atoms with van der Waals surface area (Å²) in [6, 6.07) is 11.4. The Morgan fingerprint density at radius 1 is 1.09 bits per heavy atom. The van der Waals surface area contributed by atoms with Gasteiger partial charge in [-0.2, -0.15) is 0 Å². The number of amides is 1. The van der Waals surface area contributed by atoms with Crippen LogP contribution < -0.4 is 11.5 Å². The summed E-state index contributed by atoms with van der Waals surface area (Å²) in [4.78, 5) is 20.6. The number of rotatable bonds is 4. The minimum absolute atomic E-state index is 0.282. The number of nitrogens with zero attached hydrogens (tertiary/aromatic N) is 2. The maximum absolute atomic E-state index is 11.1. The van der Waals surface area contributed by atoms with Crippen molar-refractivity contribution in [1.82, 2.24) is 4.98 Å². The lowest BCUT2D eigenvalue weighted by Gasteiger charge is -2.00. The van der Waals surface area contributed by atoms with Gasteiger partial charge in [0.1, 0.15) is 16.5 Å². The molecule has 110 valence electrons. The normalized spacial score (nSPS) is 11.5. The molecular formula is C15H12N4OS2. The first kappa shape index (κ1) is 14.4. The average molecular weight is 328 g/mol. The number of aliphatic imine (C=N–C) groups is 1. The highest BCUT2D eigenvalue weighted by molar-refractivity contribution is 7.13. The van der Waals surface area contributed by atoms with E-state index in [2.05, 4.69) is 9.98 Å². The van der Waals surface area contributed by atoms with Gasteiger partial charge in [0.05, 0.1) is 10.6 Å². The second-order valence-electron chi connectivity index (χ2n) is 4.42. The zero-order valence-electron chi connectivity index (χ0n) is 11.4. The molecule has 0 saturated carbocycles. The topological polar surface area (TPSA) is 94.4 Å². The first-order chi connectivity index (χ1) is 10.6. The lowest BCUT2D eigenvalue weighted by Crippen LogP contribution is -2.10. The molecule has 3 aromatic rings. The van der Waals surface area contributed by atoms with E-state index in [4.69, 9.17) is 11.5 Å². The third-order valence-corrected chi connectivity index (χ3v) is 4.68. The van der Waals surface area contributed by atoms with E-state index in [0.717, 1.165) is 21.1 Å². The van der Waals surface area contributed by atoms with E-state index in [1.165, 1.54) is 11.3 Å². The molecule has 0 atom stereocenters. The number of amidine groups is 1. The van der Waals surface area contributed by atoms with Crippen LogP contribution in [0.4, 0.5) is 5.69 Å². The van der Waals surface area contributed by atoms with E-state index < -0.39 is 5.91 Å². The van der Waals surface area contributed by atoms with Gasteiger partial charge in [-0.25, -0.2) is 9.98 Å². The second kappa shape index (κ2) is 6.08. The monoisotopic (exact) mass is 328 g/mol. The Kier molecular flexibility index (Phi) is 3.99. The Morgan fingerprint density at radius 3 is 2.45 bits per heavy atom. The van der Waals surface area contributed by atoms with Crippen molar-refractivity contribution in [2.75, 3.05) is 0 Å². The molecule has 0 saturated heterocycles. The molecule has 0 fully saturated rings. The summed E-state index contributed by atoms with van der Waals surface area (Å²) >= 11 is 2.93. The molecule has 2 aromatic heterocycles. The molecular weight excluding hydrogens is 316 g/mol. The smallest absolute Gasteiger partial charge is 0.268 e. The van der Waals surface area contributed by atoms with E-state index in [-0.39, 0.29) is 5.69 Å². The number of hydrogen-bond acceptors (Lipinski definition) is 5. The summed E-state index contributed by atoms with van der Waals surface area (Å²) in [5.74, 6) is -0.0274. The van der Waals surface area contributed by atoms with E-state index in [9.17, 15) is 4.79 Å². The Labute approximate surface area is 135 Å². The van der Waals surface area contributed by atoms with Crippen LogP contribution in [-0.4, -0.2) is 16.7 Å². The Hall–Kier alpha value is -2.51. The van der Waals surface area contributed by atoms with Gasteiger partial charge in [-0.05, 0) is 35.7 Å². The number of thiazole rings is 1. The molecule has 1 aromatic carbocycles. The highest BCUT2D eigenvalue weighted by Crippen LogP contribution is 2.26. The van der Waals surface area contributed by atoms with Crippen LogP contribution in [0.15, 0.2) is 52.2 Å². The van der Waals surface area contributed by atoms with Gasteiger partial charge in [-0.15, -0.1) is 22.7 Å². The molecule has 0 radical (unpaired) electrons. The van der Waals surface area contributed by atoms with Gasteiger partial charge in [-0.3, -0.25) is 4.79 Å². The lowest BCUT2D eigenvalue weighted by atomic mass is 10.2. The molecule has 4 N–H and O–H groups in total. The van der Waals surface area contributed by atoms with Crippen molar-refractivity contribution >= 4 is 40.1 Å². The van der Waals surface area contributed by atoms with Gasteiger partial charge in [0.25, 0.3) is 5.91 Å². The van der Waals surface area contributed by atoms with Crippen molar-refractivity contribution in [3.63, 3.8) is 0 Å². The molecule has 0 aliphatic rings. The summed E-state index contributed by atoms with van der Waals surface area (Å²) in [5, 5.41) is 4.36. The molecule has 0 aliphatic carbocycles. The third-order valence-electron chi connectivity index (χ3n) is 2.89. The summed E-state index contributed by atoms with van der Waals surface area (Å²) in [7, 11) is 0. The fraction of sp³-hybridized carbons (Fsp3) is 0. The number of carbonyl (C=O) groups is 1. The van der Waals surface area contributed by atoms with Gasteiger partial charge in [0.2, 0.25) is 0 Å². The van der Waals surface area contributed by atoms with Crippen LogP contribution in [0.1, 0.15) is 15.4 Å². The molecule has 0 unspecified atom stereocenters. The molecule has 3 rings (SSSR count). The van der Waals surface area contributed by atoms with E-state index in [0.29, 0.717) is 5.84 Å². The SMILES string of the molecule is NC(=O)c1csc(-c2ccc(N=C(N)c3cccs3)cc2)n1. The van der Waals surface area contributed by atoms with Crippen LogP contribution in [0.3, 0.4) is 0 Å². The molecule has 5 nitrogen and oxygen atoms in total. The molecule has 0 aliphatic heterocycles. The van der Waals surface area contributed by atoms with E-state index >= 15 is 0 Å². The Bertz CT molecular complexity index is 820. The highest BCUT2D eigenvalue weighted by atomic mass is 32.1. The first-order valence-corrected chi connectivity index (χ1v) is 8.13. The second-order valence-corrected chi connectivity index (χ2v) is 6.23. The van der Waals surface area contributed by atoms with Crippen LogP contribution >= 0.6 is 22.7 Å². The standard InChI is InChI=1S/C15H12N4OS2/c16-13(12-2-1-7-21-12)18-10-5-3-9(4-6-10)15-19-11(8-22-15)14(17)20/h1-8H,(H2,16,18)(H2,17,20). The minimum atomic E-state index is -0.521. The van der Waals surface area contributed by atoms with Crippen LogP contribution in [-0.2, 0) is 0 Å². The summed E-state index contributed by atoms with van der Waals surface area (Å²) in [5.41, 5.74) is 13.1. The van der Waals surface area contributed by atoms with Crippen molar-refractivity contribution in [3.05, 3.63) is 57.7 Å². The average Bonchev–Trinajstić information content (AvgIpc) is 3.20. The van der Waals surface area contributed by atoms with Crippen LogP contribution in [0.5, 0.6) is 0 Å². The maximum atomic E-state index is 11.1. The number of carbonyl (C=O) groups excluding carboxylic acids is 1. The third kappa shape index (κ3) is 3.05. The number of nitrogens with two attached hydrogens (primary N) is 2. The molecule has 0 bridgehead atoms. The van der Waals surface area contributed by atoms with Gasteiger partial charge >= 0.3 is 0 Å². The number of aromatic nitrogens is 1. The fourth-order valence-electron chi connectivity index (χ4n) is 1.82. The van der Waals surface area contributed by atoms with E-state index in [1.54, 1.807) is 16.7 Å². The quantitative estimate of drug-likeness (QED) is 0.569. The van der Waals surface area contributed by atoms with Crippen molar-refractivity contribution in [1.29, 1.82) is 0 Å². The van der Waals surface area contributed by atoms with Crippen molar-refractivity contribution < 1.29 is 4.79 Å². The molecule has 0 spiro atoms. The summed E-state index contributed by atoms with van der Waals surface area (Å²) in [6.07, 6.45) is 0. The molecule has 2 heterocycles. The predicted octanol–water partition coefficient (Wildman–Crippen LogP) is 3.01. The van der Waals surface area contributed by atoms with Crippen LogP contribution in [0.2, 0.25) is 0 Å². The number of thiophene rings is 1. The number of primary amides is 1. The minimum Gasteiger partial charge on any atom is -0.383 e. The lowest BCUT2D eigenvalue weighted by molar-refractivity contribution is 0.0996. The van der Waals surface area contributed by atoms with Crippen LogP contribution in [0, 0.1) is 0 Å². The number of benzene rings is 1. The van der Waals surface area contributed by atoms with Crippen molar-refractivity contribution in [3.8, 4) is 10.6 Å². The fourth-order valence-corrected chi connectivity index (χ4v) is 3.26. The van der Waals surface area contributed by atoms with E-state index in [1.807, 2.05) is 41.8 Å². The van der Waals surface area contributed by atoms with Gasteiger partial charge in [-0.1, -0.05) is 6.07 Å². The van der Waals surface area contributed by atoms with Gasteiger partial charge < -0.3 is 11.5 Å². The van der Waals surface area contributed by atoms with Crippen molar-refractivity contribution in [2.24, 2.45) is 16.5 Å². The molecule has 1 amide bonds. The highest BCUT2D eigenvalue weighted by Gasteiger charge is 2.08.